The summed E-state index contributed by atoms with van der Waals surface area (Å²) in [6, 6.07) is 2.43. The zero-order valence-electron chi connectivity index (χ0n) is 11.0. The highest BCUT2D eigenvalue weighted by Crippen LogP contribution is 2.22. The van der Waals surface area contributed by atoms with Crippen LogP contribution in [0.4, 0.5) is 0 Å². The van der Waals surface area contributed by atoms with E-state index in [2.05, 4.69) is 24.1 Å². The summed E-state index contributed by atoms with van der Waals surface area (Å²) in [5.41, 5.74) is 0. The molecule has 1 heterocycles. The van der Waals surface area contributed by atoms with E-state index in [1.165, 1.54) is 58.0 Å². The van der Waals surface area contributed by atoms with Crippen LogP contribution < -0.4 is 5.32 Å². The molecule has 0 aromatic rings. The van der Waals surface area contributed by atoms with Crippen molar-refractivity contribution in [1.29, 1.82) is 0 Å². The Hall–Kier alpha value is -0.0800. The van der Waals surface area contributed by atoms with Gasteiger partial charge in [0.05, 0.1) is 0 Å². The van der Waals surface area contributed by atoms with Crippen LogP contribution in [0.3, 0.4) is 0 Å². The molecule has 2 fully saturated rings. The first kappa shape index (κ1) is 12.4. The number of rotatable bonds is 4. The molecule has 2 rings (SSSR count). The van der Waals surface area contributed by atoms with E-state index < -0.39 is 0 Å². The van der Waals surface area contributed by atoms with E-state index >= 15 is 0 Å². The van der Waals surface area contributed by atoms with E-state index in [1.54, 1.807) is 0 Å². The van der Waals surface area contributed by atoms with Crippen molar-refractivity contribution in [3.05, 3.63) is 0 Å². The van der Waals surface area contributed by atoms with E-state index in [0.29, 0.717) is 0 Å². The third-order valence-electron chi connectivity index (χ3n) is 4.53. The molecule has 1 aliphatic carbocycles. The van der Waals surface area contributed by atoms with Gasteiger partial charge in [0.25, 0.3) is 0 Å². The largest absolute Gasteiger partial charge is 0.313 e. The average Bonchev–Trinajstić information content (AvgIpc) is 2.75. The molecule has 0 aromatic heterocycles. The fourth-order valence-electron chi connectivity index (χ4n) is 3.44. The summed E-state index contributed by atoms with van der Waals surface area (Å²) in [6.45, 7) is 7.23. The van der Waals surface area contributed by atoms with Crippen LogP contribution in [0.25, 0.3) is 0 Å². The van der Waals surface area contributed by atoms with Crippen LogP contribution in [0.15, 0.2) is 0 Å². The topological polar surface area (TPSA) is 15.3 Å². The lowest BCUT2D eigenvalue weighted by molar-refractivity contribution is 0.104. The van der Waals surface area contributed by atoms with Crippen LogP contribution in [-0.2, 0) is 0 Å². The van der Waals surface area contributed by atoms with Crippen molar-refractivity contribution in [2.24, 2.45) is 0 Å². The number of hydrogen-bond acceptors (Lipinski definition) is 2. The van der Waals surface area contributed by atoms with Crippen molar-refractivity contribution in [1.82, 2.24) is 10.2 Å². The molecule has 2 atom stereocenters. The quantitative estimate of drug-likeness (QED) is 0.790. The molecule has 0 aromatic carbocycles. The first-order chi connectivity index (χ1) is 7.77. The van der Waals surface area contributed by atoms with Gasteiger partial charge >= 0.3 is 0 Å². The second-order valence-corrected chi connectivity index (χ2v) is 5.80. The number of nitrogens with one attached hydrogen (secondary N) is 1. The second-order valence-electron chi connectivity index (χ2n) is 5.80. The Labute approximate surface area is 101 Å². The van der Waals surface area contributed by atoms with Crippen LogP contribution in [0, 0.1) is 0 Å². The minimum absolute atomic E-state index is 0.800. The summed E-state index contributed by atoms with van der Waals surface area (Å²) in [5.74, 6) is 0. The number of likely N-dealkylation sites (tertiary alicyclic amines) is 1. The summed E-state index contributed by atoms with van der Waals surface area (Å²) in [7, 11) is 0. The highest BCUT2D eigenvalue weighted by Gasteiger charge is 2.24. The summed E-state index contributed by atoms with van der Waals surface area (Å²) in [5, 5.41) is 3.73. The van der Waals surface area contributed by atoms with Crippen LogP contribution in [0.1, 0.15) is 58.8 Å². The normalized spacial score (nSPS) is 33.4. The van der Waals surface area contributed by atoms with Gasteiger partial charge in [0, 0.05) is 31.2 Å². The van der Waals surface area contributed by atoms with E-state index in [9.17, 15) is 0 Å². The standard InChI is InChI=1S/C14H28N2/c1-12-6-5-7-13(2)16(12)11-10-15-14-8-3-4-9-14/h12-15H,3-11H2,1-2H3. The molecule has 0 amide bonds. The van der Waals surface area contributed by atoms with Crippen LogP contribution >= 0.6 is 0 Å². The molecule has 2 nitrogen and oxygen atoms in total. The second kappa shape index (κ2) is 6.02. The molecule has 1 N–H and O–H groups in total. The van der Waals surface area contributed by atoms with Crippen LogP contribution in [-0.4, -0.2) is 36.1 Å². The molecule has 2 heteroatoms. The Balaban J connectivity index is 1.67. The van der Waals surface area contributed by atoms with Crippen molar-refractivity contribution in [2.75, 3.05) is 13.1 Å². The van der Waals surface area contributed by atoms with Crippen molar-refractivity contribution < 1.29 is 0 Å². The Morgan fingerprint density at radius 3 is 2.19 bits per heavy atom. The Kier molecular flexibility index (Phi) is 4.66. The third kappa shape index (κ3) is 3.21. The minimum atomic E-state index is 0.800. The molecule has 0 bridgehead atoms. The van der Waals surface area contributed by atoms with Crippen molar-refractivity contribution in [2.45, 2.75) is 76.9 Å². The van der Waals surface area contributed by atoms with Gasteiger partial charge in [-0.05, 0) is 39.5 Å². The molecule has 2 unspecified atom stereocenters. The Morgan fingerprint density at radius 1 is 0.938 bits per heavy atom. The van der Waals surface area contributed by atoms with Gasteiger partial charge in [0.1, 0.15) is 0 Å². The third-order valence-corrected chi connectivity index (χ3v) is 4.53. The average molecular weight is 224 g/mol. The highest BCUT2D eigenvalue weighted by molar-refractivity contribution is 4.81. The van der Waals surface area contributed by atoms with Gasteiger partial charge in [-0.2, -0.15) is 0 Å². The molecular weight excluding hydrogens is 196 g/mol. The van der Waals surface area contributed by atoms with E-state index in [1.807, 2.05) is 0 Å². The highest BCUT2D eigenvalue weighted by atomic mass is 15.2. The summed E-state index contributed by atoms with van der Waals surface area (Å²) in [6.07, 6.45) is 9.91. The zero-order valence-corrected chi connectivity index (χ0v) is 11.0. The number of nitrogens with zero attached hydrogens (tertiary/aromatic N) is 1. The molecule has 2 aliphatic rings. The maximum Gasteiger partial charge on any atom is 0.0113 e. The summed E-state index contributed by atoms with van der Waals surface area (Å²) < 4.78 is 0. The van der Waals surface area contributed by atoms with Gasteiger partial charge in [-0.25, -0.2) is 0 Å². The fourth-order valence-corrected chi connectivity index (χ4v) is 3.44. The van der Waals surface area contributed by atoms with E-state index in [4.69, 9.17) is 0 Å². The van der Waals surface area contributed by atoms with E-state index in [0.717, 1.165) is 18.1 Å². The van der Waals surface area contributed by atoms with Crippen LogP contribution in [0.5, 0.6) is 0 Å². The lowest BCUT2D eigenvalue weighted by Crippen LogP contribution is -2.47. The number of hydrogen-bond donors (Lipinski definition) is 1. The molecule has 16 heavy (non-hydrogen) atoms. The van der Waals surface area contributed by atoms with Gasteiger partial charge < -0.3 is 5.32 Å². The predicted octanol–water partition coefficient (Wildman–Crippen LogP) is 2.78. The van der Waals surface area contributed by atoms with Crippen molar-refractivity contribution in [3.63, 3.8) is 0 Å². The molecular formula is C14H28N2. The lowest BCUT2D eigenvalue weighted by Gasteiger charge is -2.39. The van der Waals surface area contributed by atoms with Gasteiger partial charge in [0.15, 0.2) is 0 Å². The first-order valence-corrected chi connectivity index (χ1v) is 7.26. The smallest absolute Gasteiger partial charge is 0.0113 e. The summed E-state index contributed by atoms with van der Waals surface area (Å²) in [4.78, 5) is 2.70. The fraction of sp³-hybridized carbons (Fsp3) is 1.00. The van der Waals surface area contributed by atoms with Crippen LogP contribution in [0.2, 0.25) is 0 Å². The SMILES string of the molecule is CC1CCCC(C)N1CCNC1CCCC1. The molecule has 1 saturated carbocycles. The Bertz CT molecular complexity index is 189. The van der Waals surface area contributed by atoms with Gasteiger partial charge in [0.2, 0.25) is 0 Å². The maximum atomic E-state index is 3.73. The Morgan fingerprint density at radius 2 is 1.56 bits per heavy atom. The van der Waals surface area contributed by atoms with Crippen molar-refractivity contribution in [3.8, 4) is 0 Å². The minimum Gasteiger partial charge on any atom is -0.313 e. The molecule has 1 aliphatic heterocycles. The predicted molar refractivity (Wildman–Crippen MR) is 69.7 cm³/mol. The number of piperidine rings is 1. The monoisotopic (exact) mass is 224 g/mol. The zero-order chi connectivity index (χ0) is 11.4. The van der Waals surface area contributed by atoms with Gasteiger partial charge in [-0.3, -0.25) is 4.90 Å². The van der Waals surface area contributed by atoms with E-state index in [-0.39, 0.29) is 0 Å². The lowest BCUT2D eigenvalue weighted by atomic mass is 9.98. The molecule has 94 valence electrons. The maximum absolute atomic E-state index is 3.73. The van der Waals surface area contributed by atoms with Crippen molar-refractivity contribution >= 4 is 0 Å². The molecule has 1 saturated heterocycles. The van der Waals surface area contributed by atoms with Gasteiger partial charge in [-0.15, -0.1) is 0 Å². The molecule has 0 radical (unpaired) electrons. The molecule has 0 spiro atoms. The summed E-state index contributed by atoms with van der Waals surface area (Å²) >= 11 is 0. The van der Waals surface area contributed by atoms with Gasteiger partial charge in [-0.1, -0.05) is 19.3 Å². The first-order valence-electron chi connectivity index (χ1n) is 7.26.